The van der Waals surface area contributed by atoms with Crippen LogP contribution in [0.4, 0.5) is 5.69 Å². The van der Waals surface area contributed by atoms with Crippen LogP contribution in [-0.4, -0.2) is 33.8 Å². The number of carbonyl (C=O) groups excluding carboxylic acids is 2. The van der Waals surface area contributed by atoms with E-state index in [0.29, 0.717) is 5.56 Å². The standard InChI is InChI=1S/C15H15N3O6/c1-9-14(18(21)22)10(2)17(16-9)8-13(19)24-12-6-4-11(5-7-12)15(20)23-3/h4-7H,8H2,1-3H3. The van der Waals surface area contributed by atoms with E-state index in [4.69, 9.17) is 4.74 Å². The second-order valence-corrected chi connectivity index (χ2v) is 4.92. The molecule has 0 bridgehead atoms. The van der Waals surface area contributed by atoms with Gasteiger partial charge in [-0.1, -0.05) is 0 Å². The van der Waals surface area contributed by atoms with E-state index < -0.39 is 16.9 Å². The molecule has 0 saturated carbocycles. The van der Waals surface area contributed by atoms with Crippen LogP contribution in [0.1, 0.15) is 21.7 Å². The second-order valence-electron chi connectivity index (χ2n) is 4.92. The van der Waals surface area contributed by atoms with Crippen LogP contribution in [-0.2, 0) is 16.1 Å². The molecule has 0 saturated heterocycles. The lowest BCUT2D eigenvalue weighted by molar-refractivity contribution is -0.386. The van der Waals surface area contributed by atoms with E-state index >= 15 is 0 Å². The van der Waals surface area contributed by atoms with Crippen molar-refractivity contribution in [1.82, 2.24) is 9.78 Å². The fourth-order valence-corrected chi connectivity index (χ4v) is 2.17. The molecule has 9 nitrogen and oxygen atoms in total. The number of hydrogen-bond acceptors (Lipinski definition) is 7. The van der Waals surface area contributed by atoms with Crippen molar-refractivity contribution in [2.24, 2.45) is 0 Å². The number of esters is 2. The van der Waals surface area contributed by atoms with Gasteiger partial charge in [-0.15, -0.1) is 0 Å². The summed E-state index contributed by atoms with van der Waals surface area (Å²) in [4.78, 5) is 33.7. The summed E-state index contributed by atoms with van der Waals surface area (Å²) in [6.07, 6.45) is 0. The van der Waals surface area contributed by atoms with Gasteiger partial charge in [0, 0.05) is 0 Å². The number of ether oxygens (including phenoxy) is 2. The van der Waals surface area contributed by atoms with Gasteiger partial charge in [0.15, 0.2) is 0 Å². The van der Waals surface area contributed by atoms with Crippen molar-refractivity contribution in [3.63, 3.8) is 0 Å². The van der Waals surface area contributed by atoms with Gasteiger partial charge in [-0.05, 0) is 38.1 Å². The molecule has 0 atom stereocenters. The van der Waals surface area contributed by atoms with Crippen LogP contribution in [0.25, 0.3) is 0 Å². The van der Waals surface area contributed by atoms with Gasteiger partial charge in [0.25, 0.3) is 0 Å². The molecule has 0 amide bonds. The Bertz CT molecular complexity index is 794. The lowest BCUT2D eigenvalue weighted by Gasteiger charge is -2.06. The number of rotatable bonds is 5. The zero-order chi connectivity index (χ0) is 17.9. The predicted molar refractivity (Wildman–Crippen MR) is 81.8 cm³/mol. The molecule has 0 spiro atoms. The Hall–Kier alpha value is -3.23. The molecule has 1 aromatic carbocycles. The highest BCUT2D eigenvalue weighted by Gasteiger charge is 2.23. The van der Waals surface area contributed by atoms with E-state index in [1.807, 2.05) is 0 Å². The van der Waals surface area contributed by atoms with Crippen molar-refractivity contribution in [1.29, 1.82) is 0 Å². The minimum Gasteiger partial charge on any atom is -0.465 e. The lowest BCUT2D eigenvalue weighted by Crippen LogP contribution is -2.18. The zero-order valence-corrected chi connectivity index (χ0v) is 13.3. The first-order valence-corrected chi connectivity index (χ1v) is 6.91. The Morgan fingerprint density at radius 2 is 1.88 bits per heavy atom. The average molecular weight is 333 g/mol. The fraction of sp³-hybridized carbons (Fsp3) is 0.267. The van der Waals surface area contributed by atoms with Gasteiger partial charge in [-0.25, -0.2) is 9.59 Å². The van der Waals surface area contributed by atoms with E-state index in [1.54, 1.807) is 0 Å². The number of methoxy groups -OCH3 is 1. The second kappa shape index (κ2) is 6.90. The van der Waals surface area contributed by atoms with Gasteiger partial charge in [0.05, 0.1) is 17.6 Å². The first kappa shape index (κ1) is 17.1. The summed E-state index contributed by atoms with van der Waals surface area (Å²) in [5.74, 6) is -0.896. The van der Waals surface area contributed by atoms with Gasteiger partial charge in [0.2, 0.25) is 0 Å². The number of aryl methyl sites for hydroxylation is 1. The van der Waals surface area contributed by atoms with Crippen molar-refractivity contribution >= 4 is 17.6 Å². The molecule has 0 aliphatic rings. The molecular formula is C15H15N3O6. The highest BCUT2D eigenvalue weighted by molar-refractivity contribution is 5.89. The van der Waals surface area contributed by atoms with E-state index in [-0.39, 0.29) is 29.4 Å². The van der Waals surface area contributed by atoms with E-state index in [9.17, 15) is 19.7 Å². The third-order valence-electron chi connectivity index (χ3n) is 3.31. The molecule has 1 heterocycles. The van der Waals surface area contributed by atoms with E-state index in [2.05, 4.69) is 9.84 Å². The molecular weight excluding hydrogens is 318 g/mol. The highest BCUT2D eigenvalue weighted by atomic mass is 16.6. The smallest absolute Gasteiger partial charge is 0.337 e. The summed E-state index contributed by atoms with van der Waals surface area (Å²) in [7, 11) is 1.27. The summed E-state index contributed by atoms with van der Waals surface area (Å²) in [5, 5.41) is 14.9. The van der Waals surface area contributed by atoms with Crippen molar-refractivity contribution in [3.05, 3.63) is 51.3 Å². The first-order valence-electron chi connectivity index (χ1n) is 6.91. The number of nitro groups is 1. The molecule has 0 fully saturated rings. The zero-order valence-electron chi connectivity index (χ0n) is 13.3. The van der Waals surface area contributed by atoms with Crippen LogP contribution in [0.5, 0.6) is 5.75 Å². The van der Waals surface area contributed by atoms with Gasteiger partial charge < -0.3 is 9.47 Å². The molecule has 24 heavy (non-hydrogen) atoms. The van der Waals surface area contributed by atoms with Crippen LogP contribution in [0.15, 0.2) is 24.3 Å². The fourth-order valence-electron chi connectivity index (χ4n) is 2.17. The predicted octanol–water partition coefficient (Wildman–Crippen LogP) is 1.80. The first-order chi connectivity index (χ1) is 11.3. The van der Waals surface area contributed by atoms with Crippen LogP contribution in [0.2, 0.25) is 0 Å². The molecule has 126 valence electrons. The van der Waals surface area contributed by atoms with Crippen molar-refractivity contribution in [2.75, 3.05) is 7.11 Å². The molecule has 0 N–H and O–H groups in total. The summed E-state index contributed by atoms with van der Waals surface area (Å²) in [5.41, 5.74) is 0.708. The van der Waals surface area contributed by atoms with Crippen molar-refractivity contribution in [2.45, 2.75) is 20.4 Å². The maximum Gasteiger partial charge on any atom is 0.337 e. The summed E-state index contributed by atoms with van der Waals surface area (Å²) >= 11 is 0. The maximum atomic E-state index is 12.0. The minimum absolute atomic E-state index is 0.120. The topological polar surface area (TPSA) is 114 Å². The average Bonchev–Trinajstić information content (AvgIpc) is 2.81. The van der Waals surface area contributed by atoms with Crippen LogP contribution < -0.4 is 4.74 Å². The van der Waals surface area contributed by atoms with Crippen molar-refractivity contribution in [3.8, 4) is 5.75 Å². The molecule has 1 aromatic heterocycles. The Labute approximate surface area is 136 Å². The molecule has 0 unspecified atom stereocenters. The van der Waals surface area contributed by atoms with E-state index in [1.165, 1.54) is 49.9 Å². The molecule has 2 aromatic rings. The summed E-state index contributed by atoms with van der Waals surface area (Å²) in [6.45, 7) is 2.74. The quantitative estimate of drug-likeness (QED) is 0.355. The highest BCUT2D eigenvalue weighted by Crippen LogP contribution is 2.22. The van der Waals surface area contributed by atoms with Gasteiger partial charge in [-0.3, -0.25) is 14.8 Å². The normalized spacial score (nSPS) is 10.3. The number of nitrogens with zero attached hydrogens (tertiary/aromatic N) is 3. The third-order valence-corrected chi connectivity index (χ3v) is 3.31. The maximum absolute atomic E-state index is 12.0. The van der Waals surface area contributed by atoms with Gasteiger partial charge in [0.1, 0.15) is 23.7 Å². The third kappa shape index (κ3) is 3.57. The van der Waals surface area contributed by atoms with Crippen LogP contribution in [0, 0.1) is 24.0 Å². The van der Waals surface area contributed by atoms with E-state index in [0.717, 1.165) is 0 Å². The summed E-state index contributed by atoms with van der Waals surface area (Å²) in [6, 6.07) is 5.83. The monoisotopic (exact) mass is 333 g/mol. The molecule has 0 aliphatic heterocycles. The number of carbonyl (C=O) groups is 2. The minimum atomic E-state index is -0.638. The number of aromatic nitrogens is 2. The Morgan fingerprint density at radius 1 is 1.25 bits per heavy atom. The van der Waals surface area contributed by atoms with Crippen molar-refractivity contribution < 1.29 is 24.0 Å². The Balaban J connectivity index is 2.07. The molecule has 0 radical (unpaired) electrons. The summed E-state index contributed by atoms with van der Waals surface area (Å²) < 4.78 is 10.9. The number of hydrogen-bond donors (Lipinski definition) is 0. The molecule has 0 aliphatic carbocycles. The van der Waals surface area contributed by atoms with Gasteiger partial charge >= 0.3 is 17.6 Å². The van der Waals surface area contributed by atoms with Gasteiger partial charge in [-0.2, -0.15) is 5.10 Å². The largest absolute Gasteiger partial charge is 0.465 e. The van der Waals surface area contributed by atoms with Crippen LogP contribution in [0.3, 0.4) is 0 Å². The Morgan fingerprint density at radius 3 is 2.38 bits per heavy atom. The number of benzene rings is 1. The lowest BCUT2D eigenvalue weighted by atomic mass is 10.2. The molecule has 2 rings (SSSR count). The SMILES string of the molecule is COC(=O)c1ccc(OC(=O)Cn2nc(C)c([N+](=O)[O-])c2C)cc1. The Kier molecular flexibility index (Phi) is 4.93. The van der Waals surface area contributed by atoms with Crippen LogP contribution >= 0.6 is 0 Å². The molecule has 9 heteroatoms.